The fourth-order valence-electron chi connectivity index (χ4n) is 0.522. The van der Waals surface area contributed by atoms with E-state index in [0.717, 1.165) is 0 Å². The molecule has 82 valence electrons. The monoisotopic (exact) mass is 260 g/mol. The number of aliphatic hydroxyl groups is 1. The number of rotatable bonds is 7. The van der Waals surface area contributed by atoms with Crippen molar-refractivity contribution < 1.29 is 89.6 Å². The maximum absolute atomic E-state index is 10.8. The van der Waals surface area contributed by atoms with Crippen LogP contribution in [0.2, 0.25) is 0 Å². The minimum absolute atomic E-state index is 0. The summed E-state index contributed by atoms with van der Waals surface area (Å²) in [5.74, 6) is -1.72. The number of carboxylic acids is 1. The van der Waals surface area contributed by atoms with E-state index in [1.54, 1.807) is 0 Å². The van der Waals surface area contributed by atoms with Gasteiger partial charge in [0.15, 0.2) is 0 Å². The molecule has 6 nitrogen and oxygen atoms in total. The van der Waals surface area contributed by atoms with Gasteiger partial charge in [0, 0.05) is 6.61 Å². The summed E-state index contributed by atoms with van der Waals surface area (Å²) in [7, 11) is -3.74. The number of carboxylic acid groups (broad SMARTS) is 1. The standard InChI is InChI=1S/C6H12O6S.2Na.2H/c7-3-1-4-12-13(10,11)5-2-6(8)9;;;;/h7H,1-5H2,(H,8,9);;;;/q;2*+1;2*-1. The Morgan fingerprint density at radius 1 is 1.33 bits per heavy atom. The van der Waals surface area contributed by atoms with Crippen LogP contribution in [0.25, 0.3) is 0 Å². The van der Waals surface area contributed by atoms with Gasteiger partial charge in [0.1, 0.15) is 0 Å². The van der Waals surface area contributed by atoms with Crippen molar-refractivity contribution in [1.29, 1.82) is 0 Å². The normalized spacial score (nSPS) is 9.93. The van der Waals surface area contributed by atoms with Gasteiger partial charge in [0.05, 0.1) is 18.8 Å². The molecule has 2 N–H and O–H groups in total. The summed E-state index contributed by atoms with van der Waals surface area (Å²) in [4.78, 5) is 10.0. The number of aliphatic carboxylic acids is 1. The van der Waals surface area contributed by atoms with Crippen LogP contribution in [0.3, 0.4) is 0 Å². The Morgan fingerprint density at radius 2 is 1.87 bits per heavy atom. The van der Waals surface area contributed by atoms with Crippen LogP contribution >= 0.6 is 0 Å². The SMILES string of the molecule is O=C(O)CCS(=O)(=O)OCCCO.[H-].[H-].[Na+].[Na+]. The molecule has 0 aromatic rings. The van der Waals surface area contributed by atoms with E-state index in [-0.39, 0.29) is 81.6 Å². The van der Waals surface area contributed by atoms with Gasteiger partial charge >= 0.3 is 65.1 Å². The third kappa shape index (κ3) is 15.3. The molecule has 0 fully saturated rings. The number of carbonyl (C=O) groups is 1. The molecule has 15 heavy (non-hydrogen) atoms. The van der Waals surface area contributed by atoms with E-state index in [1.165, 1.54) is 0 Å². The molecule has 0 saturated heterocycles. The molecule has 0 aliphatic heterocycles. The smallest absolute Gasteiger partial charge is 1.00 e. The van der Waals surface area contributed by atoms with Gasteiger partial charge in [-0.1, -0.05) is 0 Å². The minimum atomic E-state index is -3.74. The molecule has 0 aromatic carbocycles. The van der Waals surface area contributed by atoms with Crippen LogP contribution in [0.5, 0.6) is 0 Å². The number of hydrogen-bond donors (Lipinski definition) is 2. The average molecular weight is 260 g/mol. The second kappa shape index (κ2) is 11.8. The summed E-state index contributed by atoms with van der Waals surface area (Å²) in [6.07, 6.45) is -0.256. The quantitative estimate of drug-likeness (QED) is 0.268. The van der Waals surface area contributed by atoms with Crippen LogP contribution < -0.4 is 59.1 Å². The Kier molecular flexibility index (Phi) is 17.0. The fourth-order valence-corrected chi connectivity index (χ4v) is 1.44. The van der Waals surface area contributed by atoms with Crippen LogP contribution in [0.4, 0.5) is 0 Å². The van der Waals surface area contributed by atoms with Crippen molar-refractivity contribution in [2.75, 3.05) is 19.0 Å². The first-order valence-electron chi connectivity index (χ1n) is 3.67. The molecule has 0 aliphatic carbocycles. The maximum atomic E-state index is 10.8. The molecule has 0 atom stereocenters. The van der Waals surface area contributed by atoms with Gasteiger partial charge in [-0.25, -0.2) is 0 Å². The van der Waals surface area contributed by atoms with E-state index in [2.05, 4.69) is 4.18 Å². The number of aliphatic hydroxyl groups excluding tert-OH is 1. The van der Waals surface area contributed by atoms with E-state index in [0.29, 0.717) is 0 Å². The van der Waals surface area contributed by atoms with Crippen molar-refractivity contribution in [2.45, 2.75) is 12.8 Å². The van der Waals surface area contributed by atoms with Gasteiger partial charge in [0.25, 0.3) is 10.1 Å². The zero-order valence-electron chi connectivity index (χ0n) is 11.0. The zero-order valence-corrected chi connectivity index (χ0v) is 13.8. The molecule has 0 rings (SSSR count). The molecule has 0 saturated carbocycles. The van der Waals surface area contributed by atoms with E-state index in [1.807, 2.05) is 0 Å². The molecule has 0 aliphatic rings. The van der Waals surface area contributed by atoms with Crippen LogP contribution in [0.15, 0.2) is 0 Å². The van der Waals surface area contributed by atoms with Crippen molar-refractivity contribution in [3.05, 3.63) is 0 Å². The average Bonchev–Trinajstić information content (AvgIpc) is 2.02. The summed E-state index contributed by atoms with van der Waals surface area (Å²) in [6, 6.07) is 0. The molecule has 0 spiro atoms. The van der Waals surface area contributed by atoms with Crippen LogP contribution in [-0.4, -0.2) is 43.6 Å². The van der Waals surface area contributed by atoms with Gasteiger partial charge in [0.2, 0.25) is 0 Å². The Hall–Kier alpha value is 1.34. The van der Waals surface area contributed by atoms with E-state index in [9.17, 15) is 13.2 Å². The van der Waals surface area contributed by atoms with Gasteiger partial charge in [-0.2, -0.15) is 8.42 Å². The maximum Gasteiger partial charge on any atom is 1.00 e. The van der Waals surface area contributed by atoms with Crippen molar-refractivity contribution in [2.24, 2.45) is 0 Å². The third-order valence-corrected chi connectivity index (χ3v) is 2.36. The third-order valence-electron chi connectivity index (χ3n) is 1.13. The van der Waals surface area contributed by atoms with Gasteiger partial charge in [-0.3, -0.25) is 8.98 Å². The summed E-state index contributed by atoms with van der Waals surface area (Å²) in [5.41, 5.74) is 0. The zero-order chi connectivity index (χ0) is 10.3. The topological polar surface area (TPSA) is 101 Å². The fraction of sp³-hybridized carbons (Fsp3) is 0.833. The molecular formula is C6H14Na2O6S. The van der Waals surface area contributed by atoms with Crippen molar-refractivity contribution in [3.63, 3.8) is 0 Å². The molecule has 0 heterocycles. The molecule has 0 unspecified atom stereocenters. The Morgan fingerprint density at radius 3 is 2.27 bits per heavy atom. The first kappa shape index (κ1) is 21.6. The number of hydrogen-bond acceptors (Lipinski definition) is 5. The Labute approximate surface area is 136 Å². The van der Waals surface area contributed by atoms with Crippen LogP contribution in [0, 0.1) is 0 Å². The van der Waals surface area contributed by atoms with Crippen molar-refractivity contribution in [3.8, 4) is 0 Å². The summed E-state index contributed by atoms with van der Waals surface area (Å²) in [5, 5.41) is 16.5. The van der Waals surface area contributed by atoms with E-state index < -0.39 is 28.3 Å². The summed E-state index contributed by atoms with van der Waals surface area (Å²) >= 11 is 0. The second-order valence-corrected chi connectivity index (χ2v) is 4.06. The second-order valence-electron chi connectivity index (χ2n) is 2.30. The summed E-state index contributed by atoms with van der Waals surface area (Å²) in [6.45, 7) is -0.271. The van der Waals surface area contributed by atoms with Gasteiger partial charge in [-0.05, 0) is 6.42 Å². The molecular weight excluding hydrogens is 246 g/mol. The van der Waals surface area contributed by atoms with Gasteiger partial charge < -0.3 is 13.1 Å². The Bertz CT molecular complexity index is 261. The molecule has 0 aromatic heterocycles. The molecule has 0 bridgehead atoms. The summed E-state index contributed by atoms with van der Waals surface area (Å²) < 4.78 is 26.1. The predicted molar refractivity (Wildman–Crippen MR) is 45.9 cm³/mol. The predicted octanol–water partition coefficient (Wildman–Crippen LogP) is -6.58. The minimum Gasteiger partial charge on any atom is -1.00 e. The molecule has 9 heteroatoms. The van der Waals surface area contributed by atoms with Gasteiger partial charge in [-0.15, -0.1) is 0 Å². The first-order valence-corrected chi connectivity index (χ1v) is 5.25. The van der Waals surface area contributed by atoms with Crippen LogP contribution in [-0.2, 0) is 19.1 Å². The molecule has 0 amide bonds. The van der Waals surface area contributed by atoms with Crippen LogP contribution in [0.1, 0.15) is 15.7 Å². The van der Waals surface area contributed by atoms with Crippen molar-refractivity contribution >= 4 is 16.1 Å². The Balaban J connectivity index is -0.000000120. The first-order chi connectivity index (χ1) is 5.98. The van der Waals surface area contributed by atoms with E-state index >= 15 is 0 Å². The van der Waals surface area contributed by atoms with Crippen molar-refractivity contribution in [1.82, 2.24) is 0 Å². The largest absolute Gasteiger partial charge is 1.00 e. The molecule has 0 radical (unpaired) electrons. The van der Waals surface area contributed by atoms with E-state index in [4.69, 9.17) is 10.2 Å².